The molecular weight excluding hydrogens is 536 g/mol. The summed E-state index contributed by atoms with van der Waals surface area (Å²) in [7, 11) is 0. The van der Waals surface area contributed by atoms with E-state index in [1.807, 2.05) is 54.7 Å². The standard InChI is InChI=1S/C38H58O5/c1-3-5-7-9-11-13-15-17-18-19-21-23-25-27-29-31-33-38(41)43-36(34-39)35-42-37(40)32-30-28-26-24-22-20-16-14-12-10-8-6-4-2/h5-8,10-14,16-18,20,22,24,26,36,39H,3-4,9,15,19,21,23,25,27-35H2,1-2H3/b7-5+,8-6+,12-10+,13-11+,16-14+,18-17+,22-20+,26-24+. The predicted octanol–water partition coefficient (Wildman–Crippen LogP) is 9.77. The first-order chi connectivity index (χ1) is 21.1. The van der Waals surface area contributed by atoms with Gasteiger partial charge in [0.15, 0.2) is 6.10 Å². The van der Waals surface area contributed by atoms with E-state index >= 15 is 0 Å². The molecule has 0 radical (unpaired) electrons. The number of aliphatic hydroxyl groups excluding tert-OH is 1. The SMILES string of the molecule is CC/C=C/C=C/C=C/C=C/C=C/CCCC(=O)OCC(CO)OC(=O)CCCCCCCC/C=C/C/C=C/C/C=C/CC. The van der Waals surface area contributed by atoms with E-state index < -0.39 is 6.10 Å². The molecule has 43 heavy (non-hydrogen) atoms. The van der Waals surface area contributed by atoms with Crippen LogP contribution in [0, 0.1) is 0 Å². The van der Waals surface area contributed by atoms with Crippen molar-refractivity contribution < 1.29 is 24.2 Å². The Morgan fingerprint density at radius 2 is 1.07 bits per heavy atom. The minimum absolute atomic E-state index is 0.115. The lowest BCUT2D eigenvalue weighted by Crippen LogP contribution is -2.28. The lowest BCUT2D eigenvalue weighted by atomic mass is 10.1. The van der Waals surface area contributed by atoms with E-state index in [4.69, 9.17) is 9.47 Å². The van der Waals surface area contributed by atoms with Crippen LogP contribution in [0.2, 0.25) is 0 Å². The molecule has 0 aromatic carbocycles. The summed E-state index contributed by atoms with van der Waals surface area (Å²) in [5, 5.41) is 9.49. The van der Waals surface area contributed by atoms with Crippen LogP contribution in [0.15, 0.2) is 97.2 Å². The molecule has 0 aromatic heterocycles. The number of carbonyl (C=O) groups is 2. The second-order valence-electron chi connectivity index (χ2n) is 10.2. The van der Waals surface area contributed by atoms with Gasteiger partial charge in [-0.25, -0.2) is 0 Å². The molecule has 0 aliphatic heterocycles. The van der Waals surface area contributed by atoms with E-state index in [2.05, 4.69) is 56.4 Å². The van der Waals surface area contributed by atoms with Gasteiger partial charge >= 0.3 is 11.9 Å². The number of hydrogen-bond donors (Lipinski definition) is 1. The average Bonchev–Trinajstić information content (AvgIpc) is 3.01. The summed E-state index contributed by atoms with van der Waals surface area (Å²) in [4.78, 5) is 24.1. The van der Waals surface area contributed by atoms with Crippen LogP contribution in [0.1, 0.15) is 110 Å². The van der Waals surface area contributed by atoms with Crippen LogP contribution in [0.5, 0.6) is 0 Å². The summed E-state index contributed by atoms with van der Waals surface area (Å²) in [6.45, 7) is 3.77. The molecule has 0 saturated heterocycles. The van der Waals surface area contributed by atoms with Gasteiger partial charge < -0.3 is 14.6 Å². The molecule has 0 aromatic rings. The number of rotatable bonds is 27. The van der Waals surface area contributed by atoms with Crippen LogP contribution in [0.25, 0.3) is 0 Å². The third kappa shape index (κ3) is 31.6. The molecule has 0 aliphatic carbocycles. The highest BCUT2D eigenvalue weighted by Gasteiger charge is 2.15. The van der Waals surface area contributed by atoms with Gasteiger partial charge in [-0.1, -0.05) is 137 Å². The van der Waals surface area contributed by atoms with Gasteiger partial charge in [-0.2, -0.15) is 0 Å². The summed E-state index contributed by atoms with van der Waals surface area (Å²) < 4.78 is 10.5. The van der Waals surface area contributed by atoms with Crippen molar-refractivity contribution >= 4 is 11.9 Å². The number of esters is 2. The number of hydrogen-bond acceptors (Lipinski definition) is 5. The van der Waals surface area contributed by atoms with Crippen molar-refractivity contribution in [1.82, 2.24) is 0 Å². The van der Waals surface area contributed by atoms with Crippen molar-refractivity contribution in [1.29, 1.82) is 0 Å². The fraction of sp³-hybridized carbons (Fsp3) is 0.526. The average molecular weight is 595 g/mol. The fourth-order valence-corrected chi connectivity index (χ4v) is 3.83. The Morgan fingerprint density at radius 1 is 0.558 bits per heavy atom. The molecule has 0 rings (SSSR count). The number of ether oxygens (including phenoxy) is 2. The number of aliphatic hydroxyl groups is 1. The lowest BCUT2D eigenvalue weighted by molar-refractivity contribution is -0.161. The molecule has 0 aliphatic rings. The zero-order valence-electron chi connectivity index (χ0n) is 26.9. The molecule has 0 heterocycles. The second kappa shape index (κ2) is 33.3. The first kappa shape index (κ1) is 39.8. The first-order valence-corrected chi connectivity index (χ1v) is 16.4. The molecule has 0 spiro atoms. The summed E-state index contributed by atoms with van der Waals surface area (Å²) in [6, 6.07) is 0. The van der Waals surface area contributed by atoms with Crippen LogP contribution in [0.3, 0.4) is 0 Å². The van der Waals surface area contributed by atoms with Gasteiger partial charge in [0.05, 0.1) is 6.61 Å². The van der Waals surface area contributed by atoms with E-state index in [0.717, 1.165) is 57.8 Å². The monoisotopic (exact) mass is 594 g/mol. The lowest BCUT2D eigenvalue weighted by Gasteiger charge is -2.15. The van der Waals surface area contributed by atoms with Crippen molar-refractivity contribution in [2.75, 3.05) is 13.2 Å². The summed E-state index contributed by atoms with van der Waals surface area (Å²) >= 11 is 0. The molecule has 5 nitrogen and oxygen atoms in total. The minimum atomic E-state index is -0.812. The Balaban J connectivity index is 3.77. The maximum atomic E-state index is 12.1. The van der Waals surface area contributed by atoms with Gasteiger partial charge in [0.25, 0.3) is 0 Å². The van der Waals surface area contributed by atoms with Crippen LogP contribution < -0.4 is 0 Å². The van der Waals surface area contributed by atoms with Gasteiger partial charge in [0.2, 0.25) is 0 Å². The third-order valence-corrected chi connectivity index (χ3v) is 6.25. The highest BCUT2D eigenvalue weighted by molar-refractivity contribution is 5.70. The molecule has 0 bridgehead atoms. The van der Waals surface area contributed by atoms with Gasteiger partial charge in [-0.15, -0.1) is 0 Å². The molecule has 1 atom stereocenters. The highest BCUT2D eigenvalue weighted by atomic mass is 16.6. The van der Waals surface area contributed by atoms with E-state index in [0.29, 0.717) is 12.8 Å². The fourth-order valence-electron chi connectivity index (χ4n) is 3.83. The van der Waals surface area contributed by atoms with Gasteiger partial charge in [-0.05, 0) is 57.8 Å². The molecule has 5 heteroatoms. The normalized spacial score (nSPS) is 13.5. The van der Waals surface area contributed by atoms with Gasteiger partial charge in [0, 0.05) is 12.8 Å². The van der Waals surface area contributed by atoms with Crippen LogP contribution in [0.4, 0.5) is 0 Å². The van der Waals surface area contributed by atoms with E-state index in [9.17, 15) is 14.7 Å². The highest BCUT2D eigenvalue weighted by Crippen LogP contribution is 2.10. The largest absolute Gasteiger partial charge is 0.462 e. The van der Waals surface area contributed by atoms with Crippen LogP contribution >= 0.6 is 0 Å². The topological polar surface area (TPSA) is 72.8 Å². The van der Waals surface area contributed by atoms with Crippen LogP contribution in [-0.2, 0) is 19.1 Å². The van der Waals surface area contributed by atoms with E-state index in [1.165, 1.54) is 19.3 Å². The minimum Gasteiger partial charge on any atom is -0.462 e. The van der Waals surface area contributed by atoms with Crippen molar-refractivity contribution in [3.63, 3.8) is 0 Å². The molecule has 0 fully saturated rings. The Bertz CT molecular complexity index is 901. The third-order valence-electron chi connectivity index (χ3n) is 6.25. The maximum Gasteiger partial charge on any atom is 0.306 e. The zero-order chi connectivity index (χ0) is 31.5. The Hall–Kier alpha value is -3.18. The Labute approximate surface area is 262 Å². The molecule has 0 amide bonds. The first-order valence-electron chi connectivity index (χ1n) is 16.4. The van der Waals surface area contributed by atoms with E-state index in [1.54, 1.807) is 0 Å². The molecule has 0 saturated carbocycles. The molecule has 1 unspecified atom stereocenters. The van der Waals surface area contributed by atoms with E-state index in [-0.39, 0.29) is 31.6 Å². The van der Waals surface area contributed by atoms with Crippen molar-refractivity contribution in [3.05, 3.63) is 97.2 Å². The molecule has 240 valence electrons. The smallest absolute Gasteiger partial charge is 0.306 e. The van der Waals surface area contributed by atoms with Gasteiger partial charge in [-0.3, -0.25) is 9.59 Å². The second-order valence-corrected chi connectivity index (χ2v) is 10.2. The summed E-state index contributed by atoms with van der Waals surface area (Å²) in [5.74, 6) is -0.707. The molecular formula is C38H58O5. The number of allylic oxidation sites excluding steroid dienone is 16. The number of carbonyl (C=O) groups excluding carboxylic acids is 2. The predicted molar refractivity (Wildman–Crippen MR) is 182 cm³/mol. The Morgan fingerprint density at radius 3 is 1.72 bits per heavy atom. The van der Waals surface area contributed by atoms with Crippen molar-refractivity contribution in [3.8, 4) is 0 Å². The number of unbranched alkanes of at least 4 members (excludes halogenated alkanes) is 7. The van der Waals surface area contributed by atoms with Crippen molar-refractivity contribution in [2.24, 2.45) is 0 Å². The van der Waals surface area contributed by atoms with Crippen molar-refractivity contribution in [2.45, 2.75) is 116 Å². The quantitative estimate of drug-likeness (QED) is 0.0443. The summed E-state index contributed by atoms with van der Waals surface area (Å²) in [5.41, 5.74) is 0. The van der Waals surface area contributed by atoms with Crippen LogP contribution in [-0.4, -0.2) is 36.4 Å². The molecule has 1 N–H and O–H groups in total. The van der Waals surface area contributed by atoms with Gasteiger partial charge in [0.1, 0.15) is 6.61 Å². The maximum absolute atomic E-state index is 12.1. The zero-order valence-corrected chi connectivity index (χ0v) is 26.9. The summed E-state index contributed by atoms with van der Waals surface area (Å²) in [6.07, 6.45) is 46.1. The Kier molecular flexibility index (Phi) is 30.9.